The highest BCUT2D eigenvalue weighted by atomic mass is 16.5. The predicted octanol–water partition coefficient (Wildman–Crippen LogP) is 4.12. The molecular formula is C17H17NO. The number of hydrogen-bond donors (Lipinski definition) is 0. The fourth-order valence-electron chi connectivity index (χ4n) is 2.59. The summed E-state index contributed by atoms with van der Waals surface area (Å²) in [5.74, 6) is 7.38. The first kappa shape index (κ1) is 12.0. The first-order valence-electron chi connectivity index (χ1n) is 6.95. The van der Waals surface area contributed by atoms with Gasteiger partial charge in [0.2, 0.25) is 5.76 Å². The molecule has 3 rings (SSSR count). The van der Waals surface area contributed by atoms with Gasteiger partial charge in [0.15, 0.2) is 0 Å². The highest BCUT2D eigenvalue weighted by Gasteiger charge is 2.18. The van der Waals surface area contributed by atoms with Crippen molar-refractivity contribution < 1.29 is 4.52 Å². The maximum absolute atomic E-state index is 5.32. The van der Waals surface area contributed by atoms with E-state index in [0.717, 1.165) is 11.3 Å². The van der Waals surface area contributed by atoms with Crippen molar-refractivity contribution in [3.05, 3.63) is 53.4 Å². The molecule has 1 aromatic heterocycles. The quantitative estimate of drug-likeness (QED) is 0.712. The fraction of sp³-hybridized carbons (Fsp3) is 0.353. The topological polar surface area (TPSA) is 26.0 Å². The van der Waals surface area contributed by atoms with E-state index in [0.29, 0.717) is 11.7 Å². The molecule has 0 atom stereocenters. The summed E-state index contributed by atoms with van der Waals surface area (Å²) in [7, 11) is 0. The summed E-state index contributed by atoms with van der Waals surface area (Å²) in [4.78, 5) is 0. The molecule has 2 aromatic rings. The van der Waals surface area contributed by atoms with Gasteiger partial charge in [0.1, 0.15) is 0 Å². The van der Waals surface area contributed by atoms with Crippen molar-refractivity contribution in [1.82, 2.24) is 5.16 Å². The zero-order chi connectivity index (χ0) is 12.9. The third kappa shape index (κ3) is 3.06. The Hall–Kier alpha value is -2.01. The highest BCUT2D eigenvalue weighted by molar-refractivity contribution is 5.39. The molecule has 19 heavy (non-hydrogen) atoms. The molecule has 1 aliphatic rings. The lowest BCUT2D eigenvalue weighted by Gasteiger charge is -2.18. The maximum atomic E-state index is 5.32. The van der Waals surface area contributed by atoms with Crippen LogP contribution in [0.5, 0.6) is 0 Å². The van der Waals surface area contributed by atoms with E-state index < -0.39 is 0 Å². The standard InChI is InChI=1S/C17H17NO/c1-3-7-14(8-4-1)11-12-16-13-17(18-19-16)15-9-5-2-6-10-15/h1,3-4,7-8,13,15H,2,5-6,9-10H2. The van der Waals surface area contributed by atoms with Crippen molar-refractivity contribution in [2.45, 2.75) is 38.0 Å². The van der Waals surface area contributed by atoms with Crippen LogP contribution >= 0.6 is 0 Å². The first-order valence-corrected chi connectivity index (χ1v) is 6.95. The minimum Gasteiger partial charge on any atom is -0.347 e. The van der Waals surface area contributed by atoms with Crippen molar-refractivity contribution in [3.63, 3.8) is 0 Å². The average Bonchev–Trinajstić information content (AvgIpc) is 2.96. The molecule has 0 N–H and O–H groups in total. The summed E-state index contributed by atoms with van der Waals surface area (Å²) in [6, 6.07) is 11.9. The van der Waals surface area contributed by atoms with E-state index >= 15 is 0 Å². The zero-order valence-corrected chi connectivity index (χ0v) is 10.9. The number of aromatic nitrogens is 1. The van der Waals surface area contributed by atoms with E-state index in [2.05, 4.69) is 17.0 Å². The third-order valence-corrected chi connectivity index (χ3v) is 3.66. The number of rotatable bonds is 1. The Morgan fingerprint density at radius 2 is 1.79 bits per heavy atom. The highest BCUT2D eigenvalue weighted by Crippen LogP contribution is 2.31. The van der Waals surface area contributed by atoms with Gasteiger partial charge in [-0.25, -0.2) is 0 Å². The molecule has 0 aliphatic heterocycles. The van der Waals surface area contributed by atoms with Gasteiger partial charge in [-0.2, -0.15) is 0 Å². The van der Waals surface area contributed by atoms with Crippen molar-refractivity contribution in [2.24, 2.45) is 0 Å². The molecule has 2 heteroatoms. The van der Waals surface area contributed by atoms with Crippen LogP contribution in [-0.2, 0) is 0 Å². The lowest BCUT2D eigenvalue weighted by molar-refractivity contribution is 0.375. The van der Waals surface area contributed by atoms with Gasteiger partial charge in [-0.15, -0.1) is 0 Å². The van der Waals surface area contributed by atoms with Crippen LogP contribution in [0.15, 0.2) is 40.9 Å². The van der Waals surface area contributed by atoms with Crippen molar-refractivity contribution in [1.29, 1.82) is 0 Å². The Bertz CT molecular complexity index is 582. The largest absolute Gasteiger partial charge is 0.347 e. The lowest BCUT2D eigenvalue weighted by Crippen LogP contribution is -2.04. The molecule has 1 aromatic carbocycles. The van der Waals surface area contributed by atoms with E-state index in [1.54, 1.807) is 0 Å². The number of hydrogen-bond acceptors (Lipinski definition) is 2. The minimum atomic E-state index is 0.574. The monoisotopic (exact) mass is 251 g/mol. The van der Waals surface area contributed by atoms with Crippen LogP contribution in [0.2, 0.25) is 0 Å². The molecule has 0 saturated heterocycles. The summed E-state index contributed by atoms with van der Waals surface area (Å²) < 4.78 is 5.32. The molecule has 0 radical (unpaired) electrons. The first-order chi connectivity index (χ1) is 9.42. The molecular weight excluding hydrogens is 234 g/mol. The molecule has 1 aliphatic carbocycles. The molecule has 96 valence electrons. The van der Waals surface area contributed by atoms with Gasteiger partial charge in [0, 0.05) is 17.5 Å². The third-order valence-electron chi connectivity index (χ3n) is 3.66. The van der Waals surface area contributed by atoms with Crippen LogP contribution in [0.3, 0.4) is 0 Å². The number of benzene rings is 1. The summed E-state index contributed by atoms with van der Waals surface area (Å²) in [5.41, 5.74) is 2.08. The summed E-state index contributed by atoms with van der Waals surface area (Å²) in [6.45, 7) is 0. The van der Waals surface area contributed by atoms with Crippen LogP contribution in [-0.4, -0.2) is 5.16 Å². The van der Waals surface area contributed by atoms with E-state index in [4.69, 9.17) is 4.52 Å². The molecule has 0 unspecified atom stereocenters. The minimum absolute atomic E-state index is 0.574. The Morgan fingerprint density at radius 3 is 2.58 bits per heavy atom. The fourth-order valence-corrected chi connectivity index (χ4v) is 2.59. The lowest BCUT2D eigenvalue weighted by atomic mass is 9.87. The molecule has 0 amide bonds. The molecule has 0 bridgehead atoms. The average molecular weight is 251 g/mol. The Morgan fingerprint density at radius 1 is 1.00 bits per heavy atom. The van der Waals surface area contributed by atoms with Gasteiger partial charge in [-0.1, -0.05) is 48.5 Å². The molecule has 1 saturated carbocycles. The van der Waals surface area contributed by atoms with E-state index in [1.165, 1.54) is 32.1 Å². The van der Waals surface area contributed by atoms with E-state index in [-0.39, 0.29) is 0 Å². The van der Waals surface area contributed by atoms with Gasteiger partial charge in [-0.05, 0) is 30.9 Å². The van der Waals surface area contributed by atoms with Crippen LogP contribution in [0, 0.1) is 11.8 Å². The summed E-state index contributed by atoms with van der Waals surface area (Å²) in [6.07, 6.45) is 6.44. The predicted molar refractivity (Wildman–Crippen MR) is 74.8 cm³/mol. The molecule has 1 heterocycles. The van der Waals surface area contributed by atoms with Crippen molar-refractivity contribution >= 4 is 0 Å². The normalized spacial score (nSPS) is 15.8. The van der Waals surface area contributed by atoms with E-state index in [9.17, 15) is 0 Å². The Balaban J connectivity index is 1.73. The van der Waals surface area contributed by atoms with Crippen molar-refractivity contribution in [3.8, 4) is 11.8 Å². The van der Waals surface area contributed by atoms with Crippen molar-refractivity contribution in [2.75, 3.05) is 0 Å². The van der Waals surface area contributed by atoms with Gasteiger partial charge in [-0.3, -0.25) is 0 Å². The van der Waals surface area contributed by atoms with Gasteiger partial charge in [0.05, 0.1) is 5.69 Å². The second-order valence-electron chi connectivity index (χ2n) is 5.07. The Kier molecular flexibility index (Phi) is 3.65. The van der Waals surface area contributed by atoms with Gasteiger partial charge >= 0.3 is 0 Å². The van der Waals surface area contributed by atoms with Crippen LogP contribution in [0.25, 0.3) is 0 Å². The Labute approximate surface area is 113 Å². The van der Waals surface area contributed by atoms with Crippen LogP contribution < -0.4 is 0 Å². The smallest absolute Gasteiger partial charge is 0.210 e. The summed E-state index contributed by atoms with van der Waals surface area (Å²) >= 11 is 0. The molecule has 1 fully saturated rings. The number of nitrogens with zero attached hydrogens (tertiary/aromatic N) is 1. The molecule has 0 spiro atoms. The van der Waals surface area contributed by atoms with E-state index in [1.807, 2.05) is 36.4 Å². The maximum Gasteiger partial charge on any atom is 0.210 e. The second kappa shape index (κ2) is 5.75. The van der Waals surface area contributed by atoms with Crippen LogP contribution in [0.1, 0.15) is 55.0 Å². The van der Waals surface area contributed by atoms with Gasteiger partial charge < -0.3 is 4.52 Å². The van der Waals surface area contributed by atoms with Crippen LogP contribution in [0.4, 0.5) is 0 Å². The summed E-state index contributed by atoms with van der Waals surface area (Å²) in [5, 5.41) is 4.17. The SMILES string of the molecule is C(#Cc1cc(C2CCCCC2)no1)c1ccccc1. The van der Waals surface area contributed by atoms with Gasteiger partial charge in [0.25, 0.3) is 0 Å². The molecule has 2 nitrogen and oxygen atoms in total. The second-order valence-corrected chi connectivity index (χ2v) is 5.07. The zero-order valence-electron chi connectivity index (χ0n) is 10.9.